The Morgan fingerprint density at radius 3 is 2.26 bits per heavy atom. The molecular weight excluding hydrogens is 526 g/mol. The number of carbonyl (C=O) groups excluding carboxylic acids is 2. The first-order valence-electron chi connectivity index (χ1n) is 10.1. The number of thioether (sulfide) groups is 2. The van der Waals surface area contributed by atoms with Gasteiger partial charge in [-0.1, -0.05) is 47.3 Å². The average Bonchev–Trinajstić information content (AvgIpc) is 3.44. The molecule has 0 fully saturated rings. The highest BCUT2D eigenvalue weighted by molar-refractivity contribution is 8.02. The van der Waals surface area contributed by atoms with Crippen LogP contribution in [-0.4, -0.2) is 33.2 Å². The third-order valence-electron chi connectivity index (χ3n) is 4.75. The second-order valence-electron chi connectivity index (χ2n) is 7.17. The first kappa shape index (κ1) is 23.3. The molecule has 0 unspecified atom stereocenters. The summed E-state index contributed by atoms with van der Waals surface area (Å²) in [7, 11) is 0. The maximum atomic E-state index is 12.5. The van der Waals surface area contributed by atoms with Gasteiger partial charge < -0.3 is 5.32 Å². The SMILES string of the molecule is O=C(CSc1nc2ccccc2s1)Nc1ccc2nc(SCC(=O)c3ccc(Cl)cc3)sc2c1. The zero-order valence-electron chi connectivity index (χ0n) is 17.5. The van der Waals surface area contributed by atoms with E-state index in [4.69, 9.17) is 11.6 Å². The number of benzene rings is 3. The molecule has 34 heavy (non-hydrogen) atoms. The molecule has 5 aromatic rings. The number of Topliss-reactive ketones (excluding diaryl/α,β-unsaturated/α-hetero) is 1. The molecule has 0 saturated heterocycles. The molecule has 0 aliphatic carbocycles. The lowest BCUT2D eigenvalue weighted by Crippen LogP contribution is -2.13. The first-order valence-corrected chi connectivity index (χ1v) is 14.1. The van der Waals surface area contributed by atoms with E-state index < -0.39 is 0 Å². The van der Waals surface area contributed by atoms with E-state index in [0.29, 0.717) is 16.3 Å². The minimum Gasteiger partial charge on any atom is -0.325 e. The van der Waals surface area contributed by atoms with Crippen molar-refractivity contribution in [2.45, 2.75) is 8.68 Å². The first-order chi connectivity index (χ1) is 16.5. The van der Waals surface area contributed by atoms with Crippen LogP contribution in [0.4, 0.5) is 5.69 Å². The van der Waals surface area contributed by atoms with E-state index in [9.17, 15) is 9.59 Å². The van der Waals surface area contributed by atoms with Crippen molar-refractivity contribution in [3.63, 3.8) is 0 Å². The van der Waals surface area contributed by atoms with Crippen LogP contribution in [0.5, 0.6) is 0 Å². The summed E-state index contributed by atoms with van der Waals surface area (Å²) in [6.07, 6.45) is 0. The van der Waals surface area contributed by atoms with Gasteiger partial charge in [0.1, 0.15) is 0 Å². The van der Waals surface area contributed by atoms with Crippen LogP contribution in [0.2, 0.25) is 5.02 Å². The number of thiazole rings is 2. The van der Waals surface area contributed by atoms with Gasteiger partial charge in [-0.2, -0.15) is 0 Å². The van der Waals surface area contributed by atoms with Crippen molar-refractivity contribution in [1.82, 2.24) is 9.97 Å². The molecule has 2 heterocycles. The van der Waals surface area contributed by atoms with Crippen LogP contribution in [0, 0.1) is 0 Å². The fraction of sp³-hybridized carbons (Fsp3) is 0.0833. The van der Waals surface area contributed by atoms with Crippen LogP contribution in [0.25, 0.3) is 20.4 Å². The summed E-state index contributed by atoms with van der Waals surface area (Å²) in [6, 6.07) is 20.5. The van der Waals surface area contributed by atoms with Gasteiger partial charge in [0.25, 0.3) is 0 Å². The third kappa shape index (κ3) is 5.61. The fourth-order valence-electron chi connectivity index (χ4n) is 3.13. The predicted octanol–water partition coefficient (Wildman–Crippen LogP) is 7.27. The number of hydrogen-bond donors (Lipinski definition) is 1. The summed E-state index contributed by atoms with van der Waals surface area (Å²) in [6.45, 7) is 0. The van der Waals surface area contributed by atoms with Crippen molar-refractivity contribution in [3.8, 4) is 0 Å². The van der Waals surface area contributed by atoms with E-state index in [1.165, 1.54) is 34.9 Å². The van der Waals surface area contributed by atoms with Gasteiger partial charge in [-0.05, 0) is 54.6 Å². The Morgan fingerprint density at radius 1 is 0.824 bits per heavy atom. The van der Waals surface area contributed by atoms with Crippen LogP contribution < -0.4 is 5.32 Å². The van der Waals surface area contributed by atoms with Crippen molar-refractivity contribution in [2.24, 2.45) is 0 Å². The summed E-state index contributed by atoms with van der Waals surface area (Å²) in [5, 5.41) is 3.55. The zero-order chi connectivity index (χ0) is 23.5. The van der Waals surface area contributed by atoms with Gasteiger partial charge in [0.2, 0.25) is 5.91 Å². The summed E-state index contributed by atoms with van der Waals surface area (Å²) in [4.78, 5) is 34.0. The molecule has 0 spiro atoms. The summed E-state index contributed by atoms with van der Waals surface area (Å²) in [5.41, 5.74) is 3.15. The van der Waals surface area contributed by atoms with Crippen molar-refractivity contribution >= 4 is 95.6 Å². The highest BCUT2D eigenvalue weighted by Crippen LogP contribution is 2.32. The fourth-order valence-corrected chi connectivity index (χ4v) is 7.12. The molecule has 10 heteroatoms. The van der Waals surface area contributed by atoms with E-state index >= 15 is 0 Å². The quantitative estimate of drug-likeness (QED) is 0.164. The summed E-state index contributed by atoms with van der Waals surface area (Å²) in [5.74, 6) is 0.526. The predicted molar refractivity (Wildman–Crippen MR) is 145 cm³/mol. The normalized spacial score (nSPS) is 11.2. The van der Waals surface area contributed by atoms with Crippen LogP contribution in [0.3, 0.4) is 0 Å². The topological polar surface area (TPSA) is 72.0 Å². The largest absolute Gasteiger partial charge is 0.325 e. The summed E-state index contributed by atoms with van der Waals surface area (Å²) < 4.78 is 3.76. The molecule has 5 nitrogen and oxygen atoms in total. The van der Waals surface area contributed by atoms with Gasteiger partial charge in [0.05, 0.1) is 31.9 Å². The van der Waals surface area contributed by atoms with Crippen molar-refractivity contribution in [3.05, 3.63) is 77.3 Å². The molecule has 1 N–H and O–H groups in total. The van der Waals surface area contributed by atoms with Gasteiger partial charge in [0, 0.05) is 16.3 Å². The number of nitrogens with zero attached hydrogens (tertiary/aromatic N) is 2. The molecule has 0 atom stereocenters. The Balaban J connectivity index is 1.18. The number of carbonyl (C=O) groups is 2. The Bertz CT molecular complexity index is 1460. The van der Waals surface area contributed by atoms with Gasteiger partial charge in [0.15, 0.2) is 14.5 Å². The van der Waals surface area contributed by atoms with Gasteiger partial charge in [-0.3, -0.25) is 9.59 Å². The number of halogens is 1. The van der Waals surface area contributed by atoms with E-state index in [2.05, 4.69) is 15.3 Å². The number of fused-ring (bicyclic) bond motifs is 2. The lowest BCUT2D eigenvalue weighted by atomic mass is 10.1. The Morgan fingerprint density at radius 2 is 1.50 bits per heavy atom. The summed E-state index contributed by atoms with van der Waals surface area (Å²) >= 11 is 11.8. The smallest absolute Gasteiger partial charge is 0.234 e. The molecule has 5 rings (SSSR count). The molecule has 0 aliphatic heterocycles. The average molecular weight is 542 g/mol. The van der Waals surface area contributed by atoms with Crippen LogP contribution >= 0.6 is 57.8 Å². The molecule has 170 valence electrons. The highest BCUT2D eigenvalue weighted by atomic mass is 35.5. The Hall–Kier alpha value is -2.43. The molecular formula is C24H16ClN3O2S4. The Kier molecular flexibility index (Phi) is 7.17. The number of nitrogens with one attached hydrogen (secondary N) is 1. The monoisotopic (exact) mass is 541 g/mol. The number of anilines is 1. The molecule has 0 bridgehead atoms. The van der Waals surface area contributed by atoms with E-state index in [-0.39, 0.29) is 17.4 Å². The second kappa shape index (κ2) is 10.5. The van der Waals surface area contributed by atoms with E-state index in [1.54, 1.807) is 35.6 Å². The van der Waals surface area contributed by atoms with Crippen molar-refractivity contribution in [1.29, 1.82) is 0 Å². The van der Waals surface area contributed by atoms with Crippen LogP contribution in [0.1, 0.15) is 10.4 Å². The molecule has 2 aromatic heterocycles. The number of para-hydroxylation sites is 1. The number of ketones is 1. The van der Waals surface area contributed by atoms with Gasteiger partial charge in [-0.15, -0.1) is 22.7 Å². The number of aromatic nitrogens is 2. The molecule has 0 aliphatic rings. The van der Waals surface area contributed by atoms with Gasteiger partial charge in [-0.25, -0.2) is 9.97 Å². The van der Waals surface area contributed by atoms with Crippen molar-refractivity contribution < 1.29 is 9.59 Å². The third-order valence-corrected chi connectivity index (χ3v) is 9.34. The second-order valence-corrected chi connectivity index (χ2v) is 12.1. The highest BCUT2D eigenvalue weighted by Gasteiger charge is 2.12. The standard InChI is InChI=1S/C24H16ClN3O2S4/c25-15-7-5-14(6-8-15)19(29)12-31-23-28-18-10-9-16(11-21(18)34-23)26-22(30)13-32-24-27-17-3-1-2-4-20(17)33-24/h1-11H,12-13H2,(H,26,30). The van der Waals surface area contributed by atoms with E-state index in [0.717, 1.165) is 34.8 Å². The maximum Gasteiger partial charge on any atom is 0.234 e. The molecule has 0 saturated carbocycles. The molecule has 0 radical (unpaired) electrons. The lowest BCUT2D eigenvalue weighted by molar-refractivity contribution is -0.113. The lowest BCUT2D eigenvalue weighted by Gasteiger charge is -2.03. The van der Waals surface area contributed by atoms with E-state index in [1.807, 2.05) is 42.5 Å². The molecule has 1 amide bonds. The number of hydrogen-bond acceptors (Lipinski definition) is 8. The molecule has 3 aromatic carbocycles. The number of rotatable bonds is 8. The van der Waals surface area contributed by atoms with Crippen LogP contribution in [-0.2, 0) is 4.79 Å². The minimum atomic E-state index is -0.0868. The maximum absolute atomic E-state index is 12.5. The van der Waals surface area contributed by atoms with Gasteiger partial charge >= 0.3 is 0 Å². The zero-order valence-corrected chi connectivity index (χ0v) is 21.5. The number of amides is 1. The minimum absolute atomic E-state index is 0.0273. The van der Waals surface area contributed by atoms with Crippen molar-refractivity contribution in [2.75, 3.05) is 16.8 Å². The Labute approximate surface area is 217 Å². The van der Waals surface area contributed by atoms with Crippen LogP contribution in [0.15, 0.2) is 75.4 Å².